The van der Waals surface area contributed by atoms with E-state index in [1.54, 1.807) is 0 Å². The molecule has 0 radical (unpaired) electrons. The third kappa shape index (κ3) is 4.87. The van der Waals surface area contributed by atoms with Gasteiger partial charge in [-0.1, -0.05) is 159 Å². The fourth-order valence-corrected chi connectivity index (χ4v) is 10.3. The van der Waals surface area contributed by atoms with Gasteiger partial charge in [0.1, 0.15) is 5.82 Å². The molecule has 9 aromatic carbocycles. The molecule has 4 nitrogen and oxygen atoms in total. The molecule has 286 valence electrons. The maximum Gasteiger partial charge on any atom is 0.161 e. The lowest BCUT2D eigenvalue weighted by Gasteiger charge is -2.22. The van der Waals surface area contributed by atoms with Crippen LogP contribution in [0.4, 0.5) is 0 Å². The Labute approximate surface area is 352 Å². The van der Waals surface area contributed by atoms with Gasteiger partial charge in [-0.2, -0.15) is 0 Å². The SMILES string of the molecule is CC1(C)c2cc(-c3ccccc3)ccc2-c2c(-n3c4cc5ccccc5cc4c4c5ccccc5ccc43)nc(-c3ccc4c5ccccc5n(-c5ccccc5)c4c3)nc21. The van der Waals surface area contributed by atoms with Crippen molar-refractivity contribution in [3.8, 4) is 45.1 Å². The summed E-state index contributed by atoms with van der Waals surface area (Å²) in [7, 11) is 0. The number of hydrogen-bond donors (Lipinski definition) is 0. The molecular formula is C57H38N4. The van der Waals surface area contributed by atoms with Gasteiger partial charge in [0.15, 0.2) is 5.82 Å². The predicted octanol–water partition coefficient (Wildman–Crippen LogP) is 14.6. The molecule has 4 heteroatoms. The molecule has 0 saturated heterocycles. The largest absolute Gasteiger partial charge is 0.309 e. The van der Waals surface area contributed by atoms with Crippen LogP contribution in [0.2, 0.25) is 0 Å². The van der Waals surface area contributed by atoms with Gasteiger partial charge in [0.2, 0.25) is 0 Å². The second-order valence-corrected chi connectivity index (χ2v) is 17.0. The van der Waals surface area contributed by atoms with Crippen molar-refractivity contribution in [3.63, 3.8) is 0 Å². The highest BCUT2D eigenvalue weighted by Gasteiger charge is 2.41. The summed E-state index contributed by atoms with van der Waals surface area (Å²) in [6, 6.07) is 70.5. The predicted molar refractivity (Wildman–Crippen MR) is 254 cm³/mol. The van der Waals surface area contributed by atoms with Crippen LogP contribution < -0.4 is 0 Å². The molecular weight excluding hydrogens is 741 g/mol. The zero-order chi connectivity index (χ0) is 40.4. The zero-order valence-corrected chi connectivity index (χ0v) is 33.8. The maximum absolute atomic E-state index is 5.77. The summed E-state index contributed by atoms with van der Waals surface area (Å²) >= 11 is 0. The van der Waals surface area contributed by atoms with Gasteiger partial charge < -0.3 is 4.57 Å². The molecule has 0 unspecified atom stereocenters. The first-order valence-electron chi connectivity index (χ1n) is 21.1. The summed E-state index contributed by atoms with van der Waals surface area (Å²) < 4.78 is 4.81. The van der Waals surface area contributed by atoms with Gasteiger partial charge in [-0.25, -0.2) is 9.97 Å². The van der Waals surface area contributed by atoms with Crippen molar-refractivity contribution in [1.29, 1.82) is 0 Å². The minimum absolute atomic E-state index is 0.414. The number of hydrogen-bond acceptors (Lipinski definition) is 2. The summed E-state index contributed by atoms with van der Waals surface area (Å²) in [6.45, 7) is 4.66. The van der Waals surface area contributed by atoms with Gasteiger partial charge in [-0.3, -0.25) is 4.57 Å². The van der Waals surface area contributed by atoms with Crippen molar-refractivity contribution in [2.24, 2.45) is 0 Å². The quantitative estimate of drug-likeness (QED) is 0.178. The first-order valence-corrected chi connectivity index (χ1v) is 21.1. The molecule has 0 N–H and O–H groups in total. The molecule has 1 aliphatic carbocycles. The smallest absolute Gasteiger partial charge is 0.161 e. The van der Waals surface area contributed by atoms with E-state index in [0.29, 0.717) is 5.82 Å². The van der Waals surface area contributed by atoms with Crippen LogP contribution in [0.1, 0.15) is 25.1 Å². The molecule has 1 aliphatic rings. The zero-order valence-electron chi connectivity index (χ0n) is 33.8. The van der Waals surface area contributed by atoms with Crippen molar-refractivity contribution >= 4 is 65.2 Å². The van der Waals surface area contributed by atoms with E-state index in [2.05, 4.69) is 217 Å². The number of para-hydroxylation sites is 2. The first kappa shape index (κ1) is 34.1. The van der Waals surface area contributed by atoms with E-state index in [-0.39, 0.29) is 0 Å². The molecule has 0 aliphatic heterocycles. The first-order chi connectivity index (χ1) is 30.0. The van der Waals surface area contributed by atoms with Crippen LogP contribution in [-0.4, -0.2) is 19.1 Å². The Morgan fingerprint density at radius 1 is 0.410 bits per heavy atom. The Morgan fingerprint density at radius 3 is 1.89 bits per heavy atom. The molecule has 0 saturated carbocycles. The maximum atomic E-state index is 5.77. The standard InChI is InChI=1S/C57H38N4/c1-57(2)47-32-39(35-15-5-3-6-16-35)25-29-45(47)53-54(57)58-55(40-26-28-44-43-23-13-14-24-48(43)60(50(44)34-40)41-20-7-4-8-21-41)59-56(53)61-49-30-27-36-17-11-12-22-42(36)52(49)46-31-37-18-9-10-19-38(37)33-51(46)61/h3-34H,1-2H3. The highest BCUT2D eigenvalue weighted by Crippen LogP contribution is 2.52. The van der Waals surface area contributed by atoms with E-state index in [1.165, 1.54) is 70.9 Å². The number of fused-ring (bicyclic) bond motifs is 12. The van der Waals surface area contributed by atoms with Gasteiger partial charge in [-0.05, 0) is 92.3 Å². The molecule has 3 aromatic heterocycles. The molecule has 12 aromatic rings. The van der Waals surface area contributed by atoms with Crippen LogP contribution >= 0.6 is 0 Å². The number of rotatable bonds is 4. The normalized spacial score (nSPS) is 13.2. The Morgan fingerprint density at radius 2 is 1.07 bits per heavy atom. The van der Waals surface area contributed by atoms with Gasteiger partial charge in [0.25, 0.3) is 0 Å². The average molecular weight is 779 g/mol. The Kier molecular flexibility index (Phi) is 7.04. The number of nitrogens with zero attached hydrogens (tertiary/aromatic N) is 4. The van der Waals surface area contributed by atoms with Gasteiger partial charge >= 0.3 is 0 Å². The van der Waals surface area contributed by atoms with E-state index < -0.39 is 5.41 Å². The summed E-state index contributed by atoms with van der Waals surface area (Å²) in [5.41, 5.74) is 13.2. The molecule has 0 spiro atoms. The highest BCUT2D eigenvalue weighted by molar-refractivity contribution is 6.23. The molecule has 0 atom stereocenters. The van der Waals surface area contributed by atoms with Crippen molar-refractivity contribution in [2.45, 2.75) is 19.3 Å². The Hall–Kier alpha value is -7.82. The van der Waals surface area contributed by atoms with Gasteiger partial charge in [-0.15, -0.1) is 0 Å². The minimum Gasteiger partial charge on any atom is -0.309 e. The van der Waals surface area contributed by atoms with E-state index in [1.807, 2.05) is 0 Å². The molecule has 3 heterocycles. The van der Waals surface area contributed by atoms with Crippen LogP contribution in [0.25, 0.3) is 110 Å². The van der Waals surface area contributed by atoms with Crippen molar-refractivity contribution < 1.29 is 0 Å². The monoisotopic (exact) mass is 778 g/mol. The number of aromatic nitrogens is 4. The van der Waals surface area contributed by atoms with E-state index >= 15 is 0 Å². The van der Waals surface area contributed by atoms with Crippen LogP contribution in [0.5, 0.6) is 0 Å². The van der Waals surface area contributed by atoms with Crippen LogP contribution in [0, 0.1) is 0 Å². The summed E-state index contributed by atoms with van der Waals surface area (Å²) in [5.74, 6) is 1.61. The lowest BCUT2D eigenvalue weighted by atomic mass is 9.84. The second kappa shape index (κ2) is 12.6. The van der Waals surface area contributed by atoms with E-state index in [9.17, 15) is 0 Å². The van der Waals surface area contributed by atoms with Crippen LogP contribution in [-0.2, 0) is 5.41 Å². The third-order valence-electron chi connectivity index (χ3n) is 13.2. The van der Waals surface area contributed by atoms with Crippen LogP contribution in [0.3, 0.4) is 0 Å². The summed E-state index contributed by atoms with van der Waals surface area (Å²) in [5, 5.41) is 9.74. The second-order valence-electron chi connectivity index (χ2n) is 17.0. The van der Waals surface area contributed by atoms with Crippen molar-refractivity contribution in [2.75, 3.05) is 0 Å². The lowest BCUT2D eigenvalue weighted by molar-refractivity contribution is 0.635. The number of benzene rings is 9. The Bertz CT molecular complexity index is 3780. The fourth-order valence-electron chi connectivity index (χ4n) is 10.3. The Balaban J connectivity index is 1.15. The van der Waals surface area contributed by atoms with E-state index in [4.69, 9.17) is 9.97 Å². The average Bonchev–Trinajstić information content (AvgIpc) is 3.90. The molecule has 61 heavy (non-hydrogen) atoms. The fraction of sp³-hybridized carbons (Fsp3) is 0.0526. The van der Waals surface area contributed by atoms with Crippen LogP contribution in [0.15, 0.2) is 194 Å². The minimum atomic E-state index is -0.414. The van der Waals surface area contributed by atoms with Crippen molar-refractivity contribution in [1.82, 2.24) is 19.1 Å². The highest BCUT2D eigenvalue weighted by atomic mass is 15.1. The summed E-state index contributed by atoms with van der Waals surface area (Å²) in [6.07, 6.45) is 0. The topological polar surface area (TPSA) is 35.6 Å². The van der Waals surface area contributed by atoms with Gasteiger partial charge in [0, 0.05) is 43.8 Å². The summed E-state index contributed by atoms with van der Waals surface area (Å²) in [4.78, 5) is 11.4. The molecule has 0 fully saturated rings. The molecule has 0 bridgehead atoms. The van der Waals surface area contributed by atoms with Crippen molar-refractivity contribution in [3.05, 3.63) is 205 Å². The van der Waals surface area contributed by atoms with E-state index in [0.717, 1.165) is 44.9 Å². The third-order valence-corrected chi connectivity index (χ3v) is 13.2. The lowest BCUT2D eigenvalue weighted by Crippen LogP contribution is -2.18. The van der Waals surface area contributed by atoms with Gasteiger partial charge in [0.05, 0.1) is 27.8 Å². The molecule has 0 amide bonds. The molecule has 13 rings (SSSR count).